The molecule has 2 N–H and O–H groups in total. The summed E-state index contributed by atoms with van der Waals surface area (Å²) in [5, 5.41) is 6.12. The number of rotatable bonds is 6. The number of amides is 1. The minimum absolute atomic E-state index is 0. The van der Waals surface area contributed by atoms with Crippen LogP contribution in [0.4, 0.5) is 5.69 Å². The van der Waals surface area contributed by atoms with E-state index in [4.69, 9.17) is 0 Å². The lowest BCUT2D eigenvalue weighted by Crippen LogP contribution is -2.32. The lowest BCUT2D eigenvalue weighted by Gasteiger charge is -2.27. The van der Waals surface area contributed by atoms with Crippen molar-refractivity contribution in [1.29, 1.82) is 0 Å². The topological polar surface area (TPSA) is 44.4 Å². The molecule has 1 unspecified atom stereocenters. The number of thioether (sulfide) groups is 1. The molecule has 2 rings (SSSR count). The van der Waals surface area contributed by atoms with Crippen LogP contribution in [0.1, 0.15) is 18.1 Å². The molecule has 24 heavy (non-hydrogen) atoms. The molecule has 1 aliphatic rings. The number of nitrogens with zero attached hydrogens (tertiary/aromatic N) is 1. The van der Waals surface area contributed by atoms with Crippen molar-refractivity contribution in [3.63, 3.8) is 0 Å². The average Bonchev–Trinajstić information content (AvgIpc) is 2.52. The molecule has 0 aromatic heterocycles. The monoisotopic (exact) mass is 393 g/mol. The van der Waals surface area contributed by atoms with Crippen molar-refractivity contribution in [3.8, 4) is 0 Å². The fourth-order valence-corrected chi connectivity index (χ4v) is 3.62. The van der Waals surface area contributed by atoms with Gasteiger partial charge in [-0.25, -0.2) is 0 Å². The van der Waals surface area contributed by atoms with E-state index in [1.54, 1.807) is 0 Å². The third kappa shape index (κ3) is 6.81. The van der Waals surface area contributed by atoms with Gasteiger partial charge < -0.3 is 10.6 Å². The fraction of sp³-hybridized carbons (Fsp3) is 0.588. The first kappa shape index (κ1) is 23.5. The summed E-state index contributed by atoms with van der Waals surface area (Å²) in [5.41, 5.74) is 3.44. The van der Waals surface area contributed by atoms with Crippen LogP contribution in [0.3, 0.4) is 0 Å². The second kappa shape index (κ2) is 12.0. The Morgan fingerprint density at radius 1 is 1.29 bits per heavy atom. The van der Waals surface area contributed by atoms with Crippen molar-refractivity contribution in [1.82, 2.24) is 10.2 Å². The molecule has 0 aliphatic carbocycles. The minimum atomic E-state index is -0.0350. The molecule has 1 aromatic carbocycles. The zero-order chi connectivity index (χ0) is 15.9. The van der Waals surface area contributed by atoms with Crippen molar-refractivity contribution in [2.75, 3.05) is 43.5 Å². The van der Waals surface area contributed by atoms with E-state index in [0.717, 1.165) is 25.3 Å². The highest BCUT2D eigenvalue weighted by Crippen LogP contribution is 2.22. The van der Waals surface area contributed by atoms with E-state index >= 15 is 0 Å². The molecule has 1 fully saturated rings. The van der Waals surface area contributed by atoms with Gasteiger partial charge in [-0.15, -0.1) is 24.8 Å². The Balaban J connectivity index is 0.00000264. The van der Waals surface area contributed by atoms with Gasteiger partial charge in [-0.05, 0) is 31.2 Å². The van der Waals surface area contributed by atoms with Gasteiger partial charge in [0.15, 0.2) is 0 Å². The first-order valence-corrected chi connectivity index (χ1v) is 9.11. The zero-order valence-electron chi connectivity index (χ0n) is 14.6. The molecule has 1 heterocycles. The minimum Gasteiger partial charge on any atom is -0.326 e. The number of hydrogen-bond donors (Lipinski definition) is 2. The summed E-state index contributed by atoms with van der Waals surface area (Å²) in [5.74, 6) is 2.48. The van der Waals surface area contributed by atoms with Crippen molar-refractivity contribution in [3.05, 3.63) is 29.3 Å². The maximum Gasteiger partial charge on any atom is 0.228 e. The van der Waals surface area contributed by atoms with Gasteiger partial charge in [-0.1, -0.05) is 19.1 Å². The van der Waals surface area contributed by atoms with Crippen molar-refractivity contribution < 1.29 is 4.79 Å². The van der Waals surface area contributed by atoms with Crippen molar-refractivity contribution >= 4 is 48.2 Å². The number of halogens is 2. The van der Waals surface area contributed by atoms with Gasteiger partial charge >= 0.3 is 0 Å². The highest BCUT2D eigenvalue weighted by molar-refractivity contribution is 7.99. The predicted molar refractivity (Wildman–Crippen MR) is 110 cm³/mol. The van der Waals surface area contributed by atoms with Crippen LogP contribution in [0.15, 0.2) is 18.2 Å². The molecule has 1 aromatic rings. The Morgan fingerprint density at radius 3 is 2.58 bits per heavy atom. The Labute approximate surface area is 162 Å². The van der Waals surface area contributed by atoms with Crippen LogP contribution in [0.25, 0.3) is 0 Å². The summed E-state index contributed by atoms with van der Waals surface area (Å²) in [6, 6.07) is 6.21. The summed E-state index contributed by atoms with van der Waals surface area (Å²) in [6.45, 7) is 8.01. The smallest absolute Gasteiger partial charge is 0.228 e. The molecule has 0 bridgehead atoms. The van der Waals surface area contributed by atoms with Gasteiger partial charge in [0.25, 0.3) is 0 Å². The highest BCUT2D eigenvalue weighted by Gasteiger charge is 2.16. The number of anilines is 1. The van der Waals surface area contributed by atoms with Gasteiger partial charge in [-0.2, -0.15) is 11.8 Å². The van der Waals surface area contributed by atoms with Crippen LogP contribution in [0.5, 0.6) is 0 Å². The normalized spacial score (nSPS) is 15.8. The fourth-order valence-electron chi connectivity index (χ4n) is 2.65. The summed E-state index contributed by atoms with van der Waals surface area (Å²) in [4.78, 5) is 14.7. The second-order valence-electron chi connectivity index (χ2n) is 5.93. The SMILES string of the molecule is CNCC(C)C(=O)Nc1cccc(CN2CCSCC2)c1C.Cl.Cl. The summed E-state index contributed by atoms with van der Waals surface area (Å²) in [7, 11) is 1.87. The van der Waals surface area contributed by atoms with Gasteiger partial charge in [0.1, 0.15) is 0 Å². The maximum absolute atomic E-state index is 12.2. The number of hydrogen-bond acceptors (Lipinski definition) is 4. The largest absolute Gasteiger partial charge is 0.326 e. The molecule has 1 aliphatic heterocycles. The van der Waals surface area contributed by atoms with Crippen LogP contribution in [0, 0.1) is 12.8 Å². The lowest BCUT2D eigenvalue weighted by molar-refractivity contribution is -0.119. The third-order valence-electron chi connectivity index (χ3n) is 4.16. The Morgan fingerprint density at radius 2 is 1.96 bits per heavy atom. The second-order valence-corrected chi connectivity index (χ2v) is 7.15. The number of nitrogens with one attached hydrogen (secondary N) is 2. The standard InChI is InChI=1S/C17H27N3OS.2ClH/c1-13(11-18-3)17(21)19-16-6-4-5-15(14(16)2)12-20-7-9-22-10-8-20;;/h4-6,13,18H,7-12H2,1-3H3,(H,19,21);2*1H. The molecule has 1 atom stereocenters. The van der Waals surface area contributed by atoms with Gasteiger partial charge in [0.05, 0.1) is 0 Å². The van der Waals surface area contributed by atoms with Crippen LogP contribution in [-0.2, 0) is 11.3 Å². The van der Waals surface area contributed by atoms with Gasteiger partial charge in [-0.3, -0.25) is 9.69 Å². The molecular formula is C17H29Cl2N3OS. The molecule has 1 saturated heterocycles. The molecule has 0 spiro atoms. The van der Waals surface area contributed by atoms with Gasteiger partial charge in [0, 0.05) is 49.3 Å². The number of benzene rings is 1. The highest BCUT2D eigenvalue weighted by atomic mass is 35.5. The zero-order valence-corrected chi connectivity index (χ0v) is 17.1. The molecule has 1 amide bonds. The van der Waals surface area contributed by atoms with Gasteiger partial charge in [0.2, 0.25) is 5.91 Å². The van der Waals surface area contributed by atoms with E-state index in [1.165, 1.54) is 22.6 Å². The van der Waals surface area contributed by atoms with Crippen molar-refractivity contribution in [2.45, 2.75) is 20.4 Å². The molecule has 7 heteroatoms. The van der Waals surface area contributed by atoms with E-state index in [1.807, 2.05) is 37.9 Å². The van der Waals surface area contributed by atoms with E-state index in [-0.39, 0.29) is 36.6 Å². The Kier molecular flexibility index (Phi) is 11.8. The molecule has 138 valence electrons. The van der Waals surface area contributed by atoms with E-state index in [9.17, 15) is 4.79 Å². The number of carbonyl (C=O) groups excluding carboxylic acids is 1. The van der Waals surface area contributed by atoms with Crippen LogP contribution in [-0.4, -0.2) is 49.0 Å². The molecule has 4 nitrogen and oxygen atoms in total. The van der Waals surface area contributed by atoms with Crippen LogP contribution < -0.4 is 10.6 Å². The van der Waals surface area contributed by atoms with Crippen LogP contribution >= 0.6 is 36.6 Å². The molecule has 0 saturated carbocycles. The first-order chi connectivity index (χ1) is 10.6. The maximum atomic E-state index is 12.2. The average molecular weight is 394 g/mol. The first-order valence-electron chi connectivity index (χ1n) is 7.96. The summed E-state index contributed by atoms with van der Waals surface area (Å²) >= 11 is 2.03. The molecule has 0 radical (unpaired) electrons. The summed E-state index contributed by atoms with van der Waals surface area (Å²) < 4.78 is 0. The van der Waals surface area contributed by atoms with E-state index < -0.39 is 0 Å². The Bertz CT molecular complexity index is 511. The van der Waals surface area contributed by atoms with E-state index in [0.29, 0.717) is 6.54 Å². The molecular weight excluding hydrogens is 365 g/mol. The number of carbonyl (C=O) groups is 1. The Hall–Kier alpha value is -0.460. The quantitative estimate of drug-likeness (QED) is 0.778. The predicted octanol–water partition coefficient (Wildman–Crippen LogP) is 3.18. The van der Waals surface area contributed by atoms with E-state index in [2.05, 4.69) is 28.5 Å². The van der Waals surface area contributed by atoms with Crippen LogP contribution in [0.2, 0.25) is 0 Å². The van der Waals surface area contributed by atoms with Crippen molar-refractivity contribution in [2.24, 2.45) is 5.92 Å². The summed E-state index contributed by atoms with van der Waals surface area (Å²) in [6.07, 6.45) is 0. The third-order valence-corrected chi connectivity index (χ3v) is 5.10. The lowest BCUT2D eigenvalue weighted by atomic mass is 10.0.